The van der Waals surface area contributed by atoms with Gasteiger partial charge in [-0.05, 0) is 69.2 Å². The number of esters is 1. The molecule has 6 heterocycles. The first-order chi connectivity index (χ1) is 28.9. The number of thiazole rings is 1. The van der Waals surface area contributed by atoms with Crippen LogP contribution in [0.3, 0.4) is 0 Å². The van der Waals surface area contributed by atoms with Gasteiger partial charge in [-0.3, -0.25) is 28.7 Å². The molecule has 9 rings (SSSR count). The molecule has 4 amide bonds. The van der Waals surface area contributed by atoms with Crippen LogP contribution in [0.15, 0.2) is 41.8 Å². The number of hydrogen-bond donors (Lipinski definition) is 2. The van der Waals surface area contributed by atoms with Crippen molar-refractivity contribution in [2.24, 2.45) is 29.6 Å². The highest BCUT2D eigenvalue weighted by molar-refractivity contribution is 7.91. The number of amides is 4. The number of nitrogens with one attached hydrogen (secondary N) is 2. The molecule has 0 spiro atoms. The van der Waals surface area contributed by atoms with E-state index in [0.717, 1.165) is 18.4 Å². The summed E-state index contributed by atoms with van der Waals surface area (Å²) >= 11 is 1.23. The molecule has 0 unspecified atom stereocenters. The first-order valence-electron chi connectivity index (χ1n) is 21.1. The predicted octanol–water partition coefficient (Wildman–Crippen LogP) is 3.03. The molecule has 0 bridgehead atoms. The van der Waals surface area contributed by atoms with Gasteiger partial charge in [-0.2, -0.15) is 0 Å². The van der Waals surface area contributed by atoms with Crippen LogP contribution in [0.2, 0.25) is 0 Å². The number of ether oxygens (including phenoxy) is 4. The Morgan fingerprint density at radius 2 is 1.83 bits per heavy atom. The maximum absolute atomic E-state index is 14.8. The van der Waals surface area contributed by atoms with Gasteiger partial charge in [0.2, 0.25) is 21.8 Å². The van der Waals surface area contributed by atoms with Gasteiger partial charge in [0.05, 0.1) is 43.6 Å². The summed E-state index contributed by atoms with van der Waals surface area (Å²) < 4.78 is 50.6. The molecular formula is C42H51N5O11S2. The summed E-state index contributed by atoms with van der Waals surface area (Å²) in [6, 6.07) is 6.28. The Bertz CT molecular complexity index is 2160. The number of likely N-dealkylation sites (tertiary alicyclic amines) is 1. The molecule has 9 atom stereocenters. The molecule has 0 radical (unpaired) electrons. The Labute approximate surface area is 352 Å². The molecule has 16 nitrogen and oxygen atoms in total. The van der Waals surface area contributed by atoms with Gasteiger partial charge < -0.3 is 34.1 Å². The maximum atomic E-state index is 14.8. The standard InChI is InChI=1S/C42H51N5O11S2/c1-55-28-11-9-24(10-12-28)32-23-59-37(43-32)39(51)46-19-26-20-47-35(31(26)21-46)36(49)44-42(41(52)45-60(53,54)29-13-14-29)18-27(42)8-6-4-2-3-5-7-25(38(47)50)17-34(48)58-33-22-57-40-30(33)15-16-56-40/h6,8-12,23,25-27,29-31,33,35,40H,2-5,7,13-22H2,1H3,(H,44,49)(H,45,52)/b8-6-/t25-,26+,27-,30+,31+,33+,35+,40-,42-/m1/s1. The molecule has 322 valence electrons. The van der Waals surface area contributed by atoms with E-state index in [0.29, 0.717) is 61.6 Å². The average Bonchev–Trinajstić information content (AvgIpc) is 3.79. The molecule has 4 saturated heterocycles. The molecule has 2 aromatic rings. The van der Waals surface area contributed by atoms with Crippen molar-refractivity contribution in [3.63, 3.8) is 0 Å². The van der Waals surface area contributed by atoms with Crippen molar-refractivity contribution in [1.82, 2.24) is 24.8 Å². The van der Waals surface area contributed by atoms with E-state index in [-0.39, 0.29) is 62.7 Å². The van der Waals surface area contributed by atoms with Crippen LogP contribution >= 0.6 is 11.3 Å². The monoisotopic (exact) mass is 865 g/mol. The van der Waals surface area contributed by atoms with Crippen LogP contribution in [-0.2, 0) is 43.4 Å². The van der Waals surface area contributed by atoms with Crippen molar-refractivity contribution in [1.29, 1.82) is 0 Å². The van der Waals surface area contributed by atoms with Crippen molar-refractivity contribution in [3.8, 4) is 17.0 Å². The number of nitrogens with zero attached hydrogens (tertiary/aromatic N) is 3. The minimum absolute atomic E-state index is 0.0595. The highest BCUT2D eigenvalue weighted by atomic mass is 32.2. The summed E-state index contributed by atoms with van der Waals surface area (Å²) in [4.78, 5) is 78.9. The first-order valence-corrected chi connectivity index (χ1v) is 23.5. The smallest absolute Gasteiger partial charge is 0.306 e. The van der Waals surface area contributed by atoms with E-state index in [1.54, 1.807) is 12.0 Å². The van der Waals surface area contributed by atoms with Gasteiger partial charge in [0.15, 0.2) is 11.3 Å². The third-order valence-corrected chi connectivity index (χ3v) is 16.0. The Hall–Kier alpha value is -4.39. The Kier molecular flexibility index (Phi) is 11.3. The number of aromatic nitrogens is 1. The zero-order valence-electron chi connectivity index (χ0n) is 33.5. The lowest BCUT2D eigenvalue weighted by molar-refractivity contribution is -0.155. The Morgan fingerprint density at radius 1 is 1.02 bits per heavy atom. The largest absolute Gasteiger partial charge is 0.497 e. The highest BCUT2D eigenvalue weighted by Crippen LogP contribution is 2.47. The second-order valence-corrected chi connectivity index (χ2v) is 20.1. The number of hydrogen-bond acceptors (Lipinski definition) is 13. The van der Waals surface area contributed by atoms with Gasteiger partial charge in [-0.1, -0.05) is 25.0 Å². The summed E-state index contributed by atoms with van der Waals surface area (Å²) in [5, 5.41) is 4.42. The van der Waals surface area contributed by atoms with Gasteiger partial charge in [0.1, 0.15) is 23.4 Å². The summed E-state index contributed by atoms with van der Waals surface area (Å²) in [6.45, 7) is 1.33. The third-order valence-electron chi connectivity index (χ3n) is 13.4. The molecule has 60 heavy (non-hydrogen) atoms. The van der Waals surface area contributed by atoms with Crippen molar-refractivity contribution in [2.45, 2.75) is 93.4 Å². The van der Waals surface area contributed by atoms with E-state index in [1.807, 2.05) is 41.8 Å². The number of carbonyl (C=O) groups is 5. The molecule has 5 aliphatic heterocycles. The van der Waals surface area contributed by atoms with E-state index in [1.165, 1.54) is 16.2 Å². The van der Waals surface area contributed by atoms with Crippen molar-refractivity contribution in [2.75, 3.05) is 40.0 Å². The van der Waals surface area contributed by atoms with E-state index in [9.17, 15) is 32.4 Å². The number of fused-ring (bicyclic) bond motifs is 5. The van der Waals surface area contributed by atoms with Crippen LogP contribution in [0.25, 0.3) is 11.3 Å². The lowest BCUT2D eigenvalue weighted by Crippen LogP contribution is -2.58. The van der Waals surface area contributed by atoms with Gasteiger partial charge in [-0.25, -0.2) is 13.4 Å². The molecule has 2 N–H and O–H groups in total. The minimum atomic E-state index is -3.92. The molecule has 6 fully saturated rings. The molecule has 1 aromatic heterocycles. The fraction of sp³-hybridized carbons (Fsp3) is 0.619. The molecule has 2 aliphatic carbocycles. The second-order valence-electron chi connectivity index (χ2n) is 17.3. The van der Waals surface area contributed by atoms with Crippen LogP contribution in [0.5, 0.6) is 5.75 Å². The molecule has 2 saturated carbocycles. The fourth-order valence-electron chi connectivity index (χ4n) is 9.74. The fourth-order valence-corrected chi connectivity index (χ4v) is 11.9. The summed E-state index contributed by atoms with van der Waals surface area (Å²) in [7, 11) is -2.33. The molecule has 7 aliphatic rings. The number of sulfonamides is 1. The SMILES string of the molecule is COc1ccc(-c2csc(C(=O)N3C[C@H]4CN5C(=O)[C@@H](CC(=O)O[C@H]6CO[C@H]7OCC[C@H]76)CCCCC/C=C\[C@@H]6C[C@@]6(C(=O)NS(=O)(=O)C6CC6)NC(=O)[C@@H]5[C@H]4C3)n2)cc1. The Morgan fingerprint density at radius 3 is 2.62 bits per heavy atom. The van der Waals surface area contributed by atoms with E-state index >= 15 is 0 Å². The summed E-state index contributed by atoms with van der Waals surface area (Å²) in [6.07, 6.45) is 8.00. The van der Waals surface area contributed by atoms with Crippen molar-refractivity contribution in [3.05, 3.63) is 46.8 Å². The number of methoxy groups -OCH3 is 1. The third kappa shape index (κ3) is 8.07. The number of benzene rings is 1. The van der Waals surface area contributed by atoms with E-state index < -0.39 is 74.8 Å². The highest BCUT2D eigenvalue weighted by Gasteiger charge is 2.63. The van der Waals surface area contributed by atoms with Gasteiger partial charge in [-0.15, -0.1) is 11.3 Å². The first kappa shape index (κ1) is 41.0. The van der Waals surface area contributed by atoms with E-state index in [2.05, 4.69) is 15.0 Å². The summed E-state index contributed by atoms with van der Waals surface area (Å²) in [5.74, 6) is -3.91. The van der Waals surface area contributed by atoms with Crippen LogP contribution in [0.1, 0.15) is 74.0 Å². The Balaban J connectivity index is 0.973. The van der Waals surface area contributed by atoms with Gasteiger partial charge >= 0.3 is 5.97 Å². The van der Waals surface area contributed by atoms with Crippen LogP contribution in [0.4, 0.5) is 0 Å². The van der Waals surface area contributed by atoms with Gasteiger partial charge in [0.25, 0.3) is 11.8 Å². The number of carbonyl (C=O) groups excluding carboxylic acids is 5. The molecule has 1 aromatic carbocycles. The summed E-state index contributed by atoms with van der Waals surface area (Å²) in [5.41, 5.74) is -0.0531. The molecule has 18 heteroatoms. The average molecular weight is 866 g/mol. The van der Waals surface area contributed by atoms with Crippen LogP contribution in [0, 0.1) is 29.6 Å². The predicted molar refractivity (Wildman–Crippen MR) is 216 cm³/mol. The van der Waals surface area contributed by atoms with Crippen LogP contribution < -0.4 is 14.8 Å². The zero-order valence-corrected chi connectivity index (χ0v) is 35.1. The topological polar surface area (TPSA) is 200 Å². The second kappa shape index (κ2) is 16.5. The van der Waals surface area contributed by atoms with Crippen LogP contribution in [-0.4, -0.2) is 122 Å². The van der Waals surface area contributed by atoms with Crippen molar-refractivity contribution >= 4 is 51.0 Å². The van der Waals surface area contributed by atoms with Crippen molar-refractivity contribution < 1.29 is 51.3 Å². The number of allylic oxidation sites excluding steroid dienone is 1. The molecular weight excluding hydrogens is 815 g/mol. The lowest BCUT2D eigenvalue weighted by atomic mass is 9.92. The zero-order chi connectivity index (χ0) is 41.8. The van der Waals surface area contributed by atoms with E-state index in [4.69, 9.17) is 18.9 Å². The quantitative estimate of drug-likeness (QED) is 0.276. The lowest BCUT2D eigenvalue weighted by Gasteiger charge is -2.32. The van der Waals surface area contributed by atoms with Gasteiger partial charge in [0, 0.05) is 54.2 Å². The minimum Gasteiger partial charge on any atom is -0.497 e. The normalized spacial score (nSPS) is 33.4. The maximum Gasteiger partial charge on any atom is 0.306 e. The number of rotatable bonds is 9.